The maximum atomic E-state index is 10.6. The number of Topliss-reactive ketones (excluding diaryl/α,β-unsaturated/α-hetero) is 1. The molecule has 0 saturated heterocycles. The van der Waals surface area contributed by atoms with Gasteiger partial charge in [0.2, 0.25) is 0 Å². The van der Waals surface area contributed by atoms with E-state index in [1.165, 1.54) is 0 Å². The first-order valence-electron chi connectivity index (χ1n) is 4.10. The zero-order chi connectivity index (χ0) is 9.56. The average molecular weight is 176 g/mol. The second-order valence-electron chi connectivity index (χ2n) is 2.78. The molecule has 12 heavy (non-hydrogen) atoms. The smallest absolute Gasteiger partial charge is 0.158 e. The third-order valence-electron chi connectivity index (χ3n) is 1.76. The van der Waals surface area contributed by atoms with Crippen LogP contribution in [0.3, 0.4) is 0 Å². The lowest BCUT2D eigenvalue weighted by Gasteiger charge is -2.14. The molecule has 4 nitrogen and oxygen atoms in total. The third-order valence-corrected chi connectivity index (χ3v) is 1.76. The van der Waals surface area contributed by atoms with Crippen molar-refractivity contribution in [1.29, 1.82) is 0 Å². The number of hydrogen-bond donors (Lipinski definition) is 3. The topological polar surface area (TPSA) is 77.8 Å². The first kappa shape index (κ1) is 11.6. The normalized spacial score (nSPS) is 15.7. The molecule has 0 aromatic carbocycles. The first-order valence-corrected chi connectivity index (χ1v) is 4.10. The molecular weight excluding hydrogens is 160 g/mol. The number of rotatable bonds is 6. The molecule has 0 fully saturated rings. The number of carbonyl (C=O) groups excluding carboxylic acids is 1. The van der Waals surface area contributed by atoms with Gasteiger partial charge in [-0.25, -0.2) is 0 Å². The highest BCUT2D eigenvalue weighted by Crippen LogP contribution is 2.05. The van der Waals surface area contributed by atoms with Crippen LogP contribution in [0.4, 0.5) is 0 Å². The van der Waals surface area contributed by atoms with Gasteiger partial charge in [0.05, 0.1) is 12.2 Å². The van der Waals surface area contributed by atoms with Crippen molar-refractivity contribution in [2.45, 2.75) is 38.4 Å². The summed E-state index contributed by atoms with van der Waals surface area (Å²) >= 11 is 0. The van der Waals surface area contributed by atoms with Crippen LogP contribution in [0.5, 0.6) is 0 Å². The van der Waals surface area contributed by atoms with E-state index in [0.717, 1.165) is 0 Å². The van der Waals surface area contributed by atoms with Crippen LogP contribution in [0.1, 0.15) is 26.2 Å². The maximum absolute atomic E-state index is 10.6. The largest absolute Gasteiger partial charge is 0.390 e. The van der Waals surface area contributed by atoms with E-state index in [1.807, 2.05) is 0 Å². The monoisotopic (exact) mass is 176 g/mol. The molecule has 72 valence electrons. The van der Waals surface area contributed by atoms with Crippen LogP contribution in [0.15, 0.2) is 0 Å². The molecule has 0 aliphatic carbocycles. The van der Waals surface area contributed by atoms with Gasteiger partial charge in [0.25, 0.3) is 0 Å². The summed E-state index contributed by atoms with van der Waals surface area (Å²) in [5, 5.41) is 26.6. The Labute approximate surface area is 71.8 Å². The molecule has 0 amide bonds. The van der Waals surface area contributed by atoms with E-state index >= 15 is 0 Å². The van der Waals surface area contributed by atoms with Crippen LogP contribution < -0.4 is 0 Å². The molecule has 0 heterocycles. The van der Waals surface area contributed by atoms with E-state index < -0.39 is 18.8 Å². The Balaban J connectivity index is 3.56. The standard InChI is InChI=1S/C8H16O4/c1-2-7(11)8(12)4-3-6(10)5-9/h7-9,11-12H,2-5H2,1H3. The van der Waals surface area contributed by atoms with Crippen molar-refractivity contribution < 1.29 is 20.1 Å². The number of hydrogen-bond acceptors (Lipinski definition) is 4. The van der Waals surface area contributed by atoms with Crippen molar-refractivity contribution in [1.82, 2.24) is 0 Å². The Morgan fingerprint density at radius 1 is 1.33 bits per heavy atom. The van der Waals surface area contributed by atoms with E-state index in [4.69, 9.17) is 10.2 Å². The van der Waals surface area contributed by atoms with Gasteiger partial charge in [0.15, 0.2) is 5.78 Å². The van der Waals surface area contributed by atoms with Crippen LogP contribution in [-0.4, -0.2) is 39.9 Å². The van der Waals surface area contributed by atoms with Crippen molar-refractivity contribution in [2.75, 3.05) is 6.61 Å². The zero-order valence-corrected chi connectivity index (χ0v) is 7.23. The number of ketones is 1. The fourth-order valence-corrected chi connectivity index (χ4v) is 0.852. The summed E-state index contributed by atoms with van der Waals surface area (Å²) < 4.78 is 0. The highest BCUT2D eigenvalue weighted by molar-refractivity contribution is 5.79. The number of carbonyl (C=O) groups is 1. The van der Waals surface area contributed by atoms with Crippen LogP contribution in [-0.2, 0) is 4.79 Å². The van der Waals surface area contributed by atoms with Crippen molar-refractivity contribution >= 4 is 5.78 Å². The zero-order valence-electron chi connectivity index (χ0n) is 7.23. The Hall–Kier alpha value is -0.450. The predicted octanol–water partition coefficient (Wildman–Crippen LogP) is -0.540. The van der Waals surface area contributed by atoms with Gasteiger partial charge in [-0.05, 0) is 12.8 Å². The van der Waals surface area contributed by atoms with Crippen molar-refractivity contribution in [2.24, 2.45) is 0 Å². The van der Waals surface area contributed by atoms with Gasteiger partial charge in [0, 0.05) is 6.42 Å². The van der Waals surface area contributed by atoms with Crippen LogP contribution in [0, 0.1) is 0 Å². The fraction of sp³-hybridized carbons (Fsp3) is 0.875. The minimum atomic E-state index is -0.856. The summed E-state index contributed by atoms with van der Waals surface area (Å²) in [6.45, 7) is 1.26. The first-order chi connectivity index (χ1) is 5.61. The summed E-state index contributed by atoms with van der Waals surface area (Å²) in [7, 11) is 0. The molecule has 3 N–H and O–H groups in total. The Kier molecular flexibility index (Phi) is 5.88. The lowest BCUT2D eigenvalue weighted by atomic mass is 10.1. The van der Waals surface area contributed by atoms with Crippen LogP contribution >= 0.6 is 0 Å². The summed E-state index contributed by atoms with van der Waals surface area (Å²) in [6, 6.07) is 0. The minimum Gasteiger partial charge on any atom is -0.390 e. The molecule has 0 aliphatic heterocycles. The summed E-state index contributed by atoms with van der Waals surface area (Å²) in [4.78, 5) is 10.6. The van der Waals surface area contributed by atoms with Crippen LogP contribution in [0.2, 0.25) is 0 Å². The molecular formula is C8H16O4. The SMILES string of the molecule is CCC(O)C(O)CCC(=O)CO. The molecule has 2 unspecified atom stereocenters. The second-order valence-corrected chi connectivity index (χ2v) is 2.78. The Morgan fingerprint density at radius 2 is 1.92 bits per heavy atom. The van der Waals surface area contributed by atoms with Gasteiger partial charge < -0.3 is 15.3 Å². The fourth-order valence-electron chi connectivity index (χ4n) is 0.852. The number of aliphatic hydroxyl groups is 3. The van der Waals surface area contributed by atoms with E-state index in [9.17, 15) is 9.90 Å². The molecule has 0 rings (SSSR count). The van der Waals surface area contributed by atoms with Crippen molar-refractivity contribution in [3.8, 4) is 0 Å². The molecule has 0 radical (unpaired) electrons. The van der Waals surface area contributed by atoms with Gasteiger partial charge in [-0.2, -0.15) is 0 Å². The lowest BCUT2D eigenvalue weighted by molar-refractivity contribution is -0.122. The van der Waals surface area contributed by atoms with Gasteiger partial charge in [-0.15, -0.1) is 0 Å². The van der Waals surface area contributed by atoms with E-state index in [1.54, 1.807) is 6.92 Å². The van der Waals surface area contributed by atoms with Crippen molar-refractivity contribution in [3.05, 3.63) is 0 Å². The minimum absolute atomic E-state index is 0.120. The second kappa shape index (κ2) is 6.11. The molecule has 4 heteroatoms. The lowest BCUT2D eigenvalue weighted by Crippen LogP contribution is -2.25. The van der Waals surface area contributed by atoms with Gasteiger partial charge >= 0.3 is 0 Å². The molecule has 0 aromatic rings. The molecule has 0 bridgehead atoms. The molecule has 0 spiro atoms. The Bertz CT molecular complexity index is 135. The Morgan fingerprint density at radius 3 is 2.33 bits per heavy atom. The van der Waals surface area contributed by atoms with Gasteiger partial charge in [0.1, 0.15) is 6.61 Å². The average Bonchev–Trinajstić information content (AvgIpc) is 2.11. The third kappa shape index (κ3) is 4.43. The molecule has 0 aromatic heterocycles. The molecule has 0 aliphatic rings. The predicted molar refractivity (Wildman–Crippen MR) is 43.6 cm³/mol. The van der Waals surface area contributed by atoms with E-state index in [0.29, 0.717) is 6.42 Å². The summed E-state index contributed by atoms with van der Waals surface area (Å²) in [5.41, 5.74) is 0. The maximum Gasteiger partial charge on any atom is 0.158 e. The molecule has 2 atom stereocenters. The summed E-state index contributed by atoms with van der Waals surface area (Å²) in [5.74, 6) is -0.308. The van der Waals surface area contributed by atoms with Gasteiger partial charge in [-0.3, -0.25) is 4.79 Å². The van der Waals surface area contributed by atoms with E-state index in [-0.39, 0.29) is 18.6 Å². The highest BCUT2D eigenvalue weighted by Gasteiger charge is 2.14. The molecule has 0 saturated carbocycles. The van der Waals surface area contributed by atoms with Crippen LogP contribution in [0.25, 0.3) is 0 Å². The number of aliphatic hydroxyl groups excluding tert-OH is 3. The highest BCUT2D eigenvalue weighted by atomic mass is 16.3. The quantitative estimate of drug-likeness (QED) is 0.508. The summed E-state index contributed by atoms with van der Waals surface area (Å²) in [6.07, 6.45) is -0.820. The van der Waals surface area contributed by atoms with Gasteiger partial charge in [-0.1, -0.05) is 6.92 Å². The van der Waals surface area contributed by atoms with Crippen molar-refractivity contribution in [3.63, 3.8) is 0 Å². The van der Waals surface area contributed by atoms with E-state index in [2.05, 4.69) is 0 Å².